The summed E-state index contributed by atoms with van der Waals surface area (Å²) in [5.74, 6) is -1.20. The van der Waals surface area contributed by atoms with Gasteiger partial charge in [0, 0.05) is 31.3 Å². The van der Waals surface area contributed by atoms with Crippen LogP contribution >= 0.6 is 11.9 Å². The predicted molar refractivity (Wildman–Crippen MR) is 148 cm³/mol. The molecule has 1 aromatic heterocycles. The van der Waals surface area contributed by atoms with Gasteiger partial charge >= 0.3 is 12.1 Å². The van der Waals surface area contributed by atoms with E-state index in [2.05, 4.69) is 0 Å². The van der Waals surface area contributed by atoms with Crippen molar-refractivity contribution in [2.75, 3.05) is 19.7 Å². The second-order valence-electron chi connectivity index (χ2n) is 9.72. The monoisotopic (exact) mass is 568 g/mol. The normalized spacial score (nSPS) is 15.8. The average molecular weight is 569 g/mol. The van der Waals surface area contributed by atoms with Crippen molar-refractivity contribution < 1.29 is 28.2 Å². The van der Waals surface area contributed by atoms with Gasteiger partial charge in [0.1, 0.15) is 11.1 Å². The van der Waals surface area contributed by atoms with Gasteiger partial charge in [-0.3, -0.25) is 9.36 Å². The van der Waals surface area contributed by atoms with Gasteiger partial charge in [-0.15, -0.1) is 0 Å². The third-order valence-electron chi connectivity index (χ3n) is 7.03. The Hall–Kier alpha value is -3.60. The summed E-state index contributed by atoms with van der Waals surface area (Å²) in [6.07, 6.45) is -3.21. The number of aromatic nitrogens is 1. The van der Waals surface area contributed by atoms with Crippen molar-refractivity contribution in [3.8, 4) is 11.1 Å². The summed E-state index contributed by atoms with van der Waals surface area (Å²) < 4.78 is 44.2. The predicted octanol–water partition coefficient (Wildman–Crippen LogP) is 6.00. The maximum absolute atomic E-state index is 13.7. The lowest BCUT2D eigenvalue weighted by atomic mass is 9.93. The van der Waals surface area contributed by atoms with Crippen molar-refractivity contribution in [2.45, 2.75) is 36.5 Å². The number of carboxylic acids is 1. The molecule has 2 N–H and O–H groups in total. The Morgan fingerprint density at radius 3 is 2.48 bits per heavy atom. The highest BCUT2D eigenvalue weighted by Crippen LogP contribution is 2.42. The Morgan fingerprint density at radius 1 is 0.975 bits per heavy atom. The van der Waals surface area contributed by atoms with Crippen molar-refractivity contribution in [3.63, 3.8) is 0 Å². The van der Waals surface area contributed by atoms with Crippen molar-refractivity contribution in [1.82, 2.24) is 8.87 Å². The molecule has 2 heterocycles. The summed E-state index contributed by atoms with van der Waals surface area (Å²) in [4.78, 5) is 25.8. The number of pyridine rings is 1. The number of unbranched alkanes of at least 4 members (excludes halogenated alkanes) is 1. The lowest BCUT2D eigenvalue weighted by Gasteiger charge is -2.35. The number of carbonyl (C=O) groups is 1. The zero-order chi connectivity index (χ0) is 28.4. The van der Waals surface area contributed by atoms with Crippen LogP contribution in [0.3, 0.4) is 0 Å². The molecule has 0 saturated carbocycles. The van der Waals surface area contributed by atoms with Gasteiger partial charge in [0.05, 0.1) is 5.56 Å². The fourth-order valence-electron chi connectivity index (χ4n) is 5.14. The second-order valence-corrected chi connectivity index (χ2v) is 10.8. The van der Waals surface area contributed by atoms with Gasteiger partial charge < -0.3 is 10.2 Å². The molecule has 0 fully saturated rings. The lowest BCUT2D eigenvalue weighted by molar-refractivity contribution is -0.141. The van der Waals surface area contributed by atoms with Crippen LogP contribution in [0.1, 0.15) is 35.6 Å². The van der Waals surface area contributed by atoms with Crippen molar-refractivity contribution in [1.29, 1.82) is 0 Å². The molecule has 1 unspecified atom stereocenters. The van der Waals surface area contributed by atoms with Crippen LogP contribution in [0.4, 0.5) is 13.2 Å². The SMILES string of the molecule is O=C(O)C1CN(CCCCO)Sc2c(-c3cccc(C(F)(F)F)c3)c(Cc3cccc4ccccc34)cc(=O)n21. The Morgan fingerprint density at radius 2 is 1.73 bits per heavy atom. The molecule has 6 nitrogen and oxygen atoms in total. The average Bonchev–Trinajstić information content (AvgIpc) is 2.92. The molecule has 10 heteroatoms. The standard InChI is InChI=1S/C30H27F3N2O4S/c31-30(32,33)23-11-6-10-21(16-23)27-22(15-20-9-5-8-19-7-1-2-12-24(19)20)17-26(37)35-25(29(38)39)18-34(40-28(27)35)13-3-4-14-36/h1-2,5-12,16-17,25,36H,3-4,13-15,18H2,(H,38,39). The first-order valence-corrected chi connectivity index (χ1v) is 13.6. The first-order chi connectivity index (χ1) is 19.2. The van der Waals surface area contributed by atoms with E-state index in [0.717, 1.165) is 28.5 Å². The number of benzene rings is 3. The molecule has 0 radical (unpaired) electrons. The number of aliphatic hydroxyl groups is 1. The molecule has 5 rings (SSSR count). The van der Waals surface area contributed by atoms with E-state index in [-0.39, 0.29) is 25.1 Å². The molecule has 3 aromatic carbocycles. The van der Waals surface area contributed by atoms with Crippen molar-refractivity contribution in [3.05, 3.63) is 99.8 Å². The zero-order valence-corrected chi connectivity index (χ0v) is 22.2. The summed E-state index contributed by atoms with van der Waals surface area (Å²) in [6.45, 7) is 0.476. The Bertz CT molecular complexity index is 1610. The van der Waals surface area contributed by atoms with Crippen LogP contribution in [-0.4, -0.2) is 44.8 Å². The van der Waals surface area contributed by atoms with E-state index in [1.165, 1.54) is 28.6 Å². The molecule has 1 aliphatic heterocycles. The van der Waals surface area contributed by atoms with Crippen LogP contribution in [0.5, 0.6) is 0 Å². The number of hydrogen-bond acceptors (Lipinski definition) is 5. The minimum atomic E-state index is -4.58. The number of rotatable bonds is 8. The van der Waals surface area contributed by atoms with E-state index in [1.807, 2.05) is 46.8 Å². The number of nitrogens with zero attached hydrogens (tertiary/aromatic N) is 2. The van der Waals surface area contributed by atoms with Gasteiger partial charge in [-0.25, -0.2) is 9.10 Å². The molecule has 1 atom stereocenters. The van der Waals surface area contributed by atoms with Gasteiger partial charge in [0.2, 0.25) is 0 Å². The molecule has 208 valence electrons. The number of aliphatic carboxylic acids is 1. The minimum Gasteiger partial charge on any atom is -0.480 e. The maximum Gasteiger partial charge on any atom is 0.416 e. The topological polar surface area (TPSA) is 82.8 Å². The minimum absolute atomic E-state index is 0.0123. The van der Waals surface area contributed by atoms with Crippen LogP contribution in [0.2, 0.25) is 0 Å². The van der Waals surface area contributed by atoms with E-state index in [1.54, 1.807) is 6.07 Å². The van der Waals surface area contributed by atoms with E-state index in [0.29, 0.717) is 35.5 Å². The van der Waals surface area contributed by atoms with Gasteiger partial charge in [-0.1, -0.05) is 54.6 Å². The molecule has 0 bridgehead atoms. The molecular formula is C30H27F3N2O4S. The molecule has 0 spiro atoms. The number of fused-ring (bicyclic) bond motifs is 2. The molecular weight excluding hydrogens is 541 g/mol. The molecule has 1 aliphatic rings. The third kappa shape index (κ3) is 5.65. The van der Waals surface area contributed by atoms with E-state index in [9.17, 15) is 33.0 Å². The Balaban J connectivity index is 1.74. The fraction of sp³-hybridized carbons (Fsp3) is 0.267. The van der Waals surface area contributed by atoms with Crippen molar-refractivity contribution >= 4 is 28.7 Å². The van der Waals surface area contributed by atoms with Crippen LogP contribution in [0.15, 0.2) is 82.6 Å². The van der Waals surface area contributed by atoms with E-state index >= 15 is 0 Å². The van der Waals surface area contributed by atoms with Gasteiger partial charge in [0.15, 0.2) is 0 Å². The first-order valence-electron chi connectivity index (χ1n) is 12.9. The summed E-state index contributed by atoms with van der Waals surface area (Å²) in [5.41, 5.74) is 0.716. The smallest absolute Gasteiger partial charge is 0.416 e. The number of hydrogen-bond donors (Lipinski definition) is 2. The second kappa shape index (κ2) is 11.5. The van der Waals surface area contributed by atoms with Crippen LogP contribution in [0.25, 0.3) is 21.9 Å². The first kappa shape index (κ1) is 27.9. The summed E-state index contributed by atoms with van der Waals surface area (Å²) in [5, 5.41) is 21.5. The Kier molecular flexibility index (Phi) is 8.02. The Labute approximate surface area is 232 Å². The highest BCUT2D eigenvalue weighted by Gasteiger charge is 2.36. The fourth-order valence-corrected chi connectivity index (χ4v) is 6.47. The molecule has 0 saturated heterocycles. The zero-order valence-electron chi connectivity index (χ0n) is 21.4. The van der Waals surface area contributed by atoms with Crippen molar-refractivity contribution in [2.24, 2.45) is 0 Å². The van der Waals surface area contributed by atoms with Gasteiger partial charge in [-0.05, 0) is 70.8 Å². The highest BCUT2D eigenvalue weighted by atomic mass is 32.2. The molecule has 4 aromatic rings. The maximum atomic E-state index is 13.7. The van der Waals surface area contributed by atoms with Crippen LogP contribution < -0.4 is 5.56 Å². The summed E-state index contributed by atoms with van der Waals surface area (Å²) in [7, 11) is 0. The number of aliphatic hydroxyl groups excluding tert-OH is 1. The van der Waals surface area contributed by atoms with Crippen LogP contribution in [-0.2, 0) is 17.4 Å². The quantitative estimate of drug-likeness (QED) is 0.201. The largest absolute Gasteiger partial charge is 0.480 e. The summed E-state index contributed by atoms with van der Waals surface area (Å²) in [6, 6.07) is 18.6. The molecule has 40 heavy (non-hydrogen) atoms. The highest BCUT2D eigenvalue weighted by molar-refractivity contribution is 7.97. The van der Waals surface area contributed by atoms with E-state index in [4.69, 9.17) is 0 Å². The summed E-state index contributed by atoms with van der Waals surface area (Å²) >= 11 is 1.18. The lowest BCUT2D eigenvalue weighted by Crippen LogP contribution is -2.42. The number of carboxylic acid groups (broad SMARTS) is 1. The molecule has 0 amide bonds. The van der Waals surface area contributed by atoms with E-state index < -0.39 is 29.3 Å². The number of halogens is 3. The van der Waals surface area contributed by atoms with Gasteiger partial charge in [-0.2, -0.15) is 13.2 Å². The molecule has 0 aliphatic carbocycles. The third-order valence-corrected chi connectivity index (χ3v) is 8.20. The van der Waals surface area contributed by atoms with Crippen LogP contribution in [0, 0.1) is 0 Å². The number of alkyl halides is 3. The van der Waals surface area contributed by atoms with Gasteiger partial charge in [0.25, 0.3) is 5.56 Å².